The van der Waals surface area contributed by atoms with Crippen molar-refractivity contribution in [2.45, 2.75) is 62.5 Å². The van der Waals surface area contributed by atoms with Crippen LogP contribution < -0.4 is 5.32 Å². The van der Waals surface area contributed by atoms with E-state index in [0.29, 0.717) is 41.5 Å². The number of aliphatic hydroxyl groups is 1. The van der Waals surface area contributed by atoms with E-state index in [9.17, 15) is 36.2 Å². The van der Waals surface area contributed by atoms with Crippen LogP contribution in [0.2, 0.25) is 0 Å². The number of nitriles is 1. The number of benzene rings is 1. The van der Waals surface area contributed by atoms with Gasteiger partial charge in [-0.3, -0.25) is 4.79 Å². The van der Waals surface area contributed by atoms with Gasteiger partial charge in [0.25, 0.3) is 5.60 Å². The lowest BCUT2D eigenvalue weighted by Gasteiger charge is -2.32. The van der Waals surface area contributed by atoms with Crippen LogP contribution in [0, 0.1) is 17.2 Å². The highest BCUT2D eigenvalue weighted by atomic mass is 19.4. The summed E-state index contributed by atoms with van der Waals surface area (Å²) in [4.78, 5) is 25.1. The Hall–Kier alpha value is -4.12. The van der Waals surface area contributed by atoms with Gasteiger partial charge in [0.1, 0.15) is 17.0 Å². The fourth-order valence-electron chi connectivity index (χ4n) is 5.53. The number of alkyl halides is 6. The molecule has 1 aliphatic carbocycles. The van der Waals surface area contributed by atoms with E-state index in [1.807, 2.05) is 10.6 Å². The first kappa shape index (κ1) is 28.4. The van der Waals surface area contributed by atoms with Gasteiger partial charge < -0.3 is 20.0 Å². The SMILES string of the molecule is N#CC[C@H]1CC[C@@H](n2c(CC(=O)Nc3ccc(C(O)(C(F)(F)F)C(F)(F)F)cc3)nc3cnc4[nH]ccc4c32)CC1. The molecule has 3 N–H and O–H groups in total. The number of imidazole rings is 1. The van der Waals surface area contributed by atoms with Gasteiger partial charge in [0.2, 0.25) is 5.91 Å². The fraction of sp³-hybridized carbons (Fsp3) is 0.407. The normalized spacial score (nSPS) is 18.5. The molecule has 1 saturated carbocycles. The van der Waals surface area contributed by atoms with Crippen LogP contribution in [0.4, 0.5) is 32.0 Å². The average molecular weight is 579 g/mol. The van der Waals surface area contributed by atoms with Crippen LogP contribution in [0.3, 0.4) is 0 Å². The molecule has 3 aromatic heterocycles. The lowest BCUT2D eigenvalue weighted by molar-refractivity contribution is -0.376. The Morgan fingerprint density at radius 2 is 1.73 bits per heavy atom. The molecule has 1 amide bonds. The van der Waals surface area contributed by atoms with Crippen LogP contribution >= 0.6 is 0 Å². The van der Waals surface area contributed by atoms with Crippen molar-refractivity contribution in [3.05, 3.63) is 54.1 Å². The first-order valence-electron chi connectivity index (χ1n) is 12.8. The first-order valence-corrected chi connectivity index (χ1v) is 12.8. The van der Waals surface area contributed by atoms with Crippen LogP contribution in [-0.2, 0) is 16.8 Å². The van der Waals surface area contributed by atoms with E-state index in [1.165, 1.54) is 0 Å². The molecule has 0 unspecified atom stereocenters. The van der Waals surface area contributed by atoms with Crippen molar-refractivity contribution in [3.8, 4) is 6.07 Å². The van der Waals surface area contributed by atoms with Gasteiger partial charge in [-0.2, -0.15) is 31.6 Å². The highest BCUT2D eigenvalue weighted by molar-refractivity contribution is 6.02. The monoisotopic (exact) mass is 578 g/mol. The van der Waals surface area contributed by atoms with E-state index < -0.39 is 29.4 Å². The van der Waals surface area contributed by atoms with E-state index in [0.717, 1.165) is 48.7 Å². The topological polar surface area (TPSA) is 120 Å². The number of anilines is 1. The number of hydrogen-bond acceptors (Lipinski definition) is 5. The maximum Gasteiger partial charge on any atom is 0.430 e. The van der Waals surface area contributed by atoms with Crippen LogP contribution in [0.5, 0.6) is 0 Å². The summed E-state index contributed by atoms with van der Waals surface area (Å²) in [5.74, 6) is 0.131. The quantitative estimate of drug-likeness (QED) is 0.241. The Bertz CT molecular complexity index is 1590. The molecule has 0 atom stereocenters. The summed E-state index contributed by atoms with van der Waals surface area (Å²) < 4.78 is 81.1. The molecule has 0 spiro atoms. The minimum Gasteiger partial charge on any atom is -0.369 e. The third-order valence-corrected chi connectivity index (χ3v) is 7.59. The molecule has 14 heteroatoms. The fourth-order valence-corrected chi connectivity index (χ4v) is 5.53. The molecule has 1 aliphatic rings. The van der Waals surface area contributed by atoms with Gasteiger partial charge in [-0.05, 0) is 49.8 Å². The Morgan fingerprint density at radius 3 is 2.34 bits per heavy atom. The number of pyridine rings is 1. The van der Waals surface area contributed by atoms with Crippen molar-refractivity contribution in [1.29, 1.82) is 5.26 Å². The minimum atomic E-state index is -6.01. The van der Waals surface area contributed by atoms with E-state index >= 15 is 0 Å². The van der Waals surface area contributed by atoms with Crippen molar-refractivity contribution in [2.24, 2.45) is 5.92 Å². The third kappa shape index (κ3) is 5.10. The van der Waals surface area contributed by atoms with Crippen molar-refractivity contribution in [1.82, 2.24) is 19.5 Å². The zero-order valence-corrected chi connectivity index (χ0v) is 21.4. The summed E-state index contributed by atoms with van der Waals surface area (Å²) >= 11 is 0. The third-order valence-electron chi connectivity index (χ3n) is 7.59. The molecule has 0 aliphatic heterocycles. The van der Waals surface area contributed by atoms with Gasteiger partial charge >= 0.3 is 12.4 Å². The Labute approximate surface area is 229 Å². The number of rotatable bonds is 6. The molecule has 0 bridgehead atoms. The summed E-state index contributed by atoms with van der Waals surface area (Å²) in [6, 6.07) is 6.75. The molecule has 5 rings (SSSR count). The van der Waals surface area contributed by atoms with Crippen molar-refractivity contribution >= 4 is 33.7 Å². The molecule has 8 nitrogen and oxygen atoms in total. The second-order valence-corrected chi connectivity index (χ2v) is 10.2. The number of carbonyl (C=O) groups excluding carboxylic acids is 1. The van der Waals surface area contributed by atoms with Crippen molar-refractivity contribution < 1.29 is 36.2 Å². The Morgan fingerprint density at radius 1 is 1.07 bits per heavy atom. The molecule has 3 heterocycles. The van der Waals surface area contributed by atoms with Crippen LogP contribution in [0.15, 0.2) is 42.7 Å². The second kappa shape index (κ2) is 10.4. The zero-order valence-electron chi connectivity index (χ0n) is 21.4. The predicted octanol–water partition coefficient (Wildman–Crippen LogP) is 6.05. The predicted molar refractivity (Wildman–Crippen MR) is 135 cm³/mol. The Balaban J connectivity index is 1.41. The van der Waals surface area contributed by atoms with Crippen LogP contribution in [0.1, 0.15) is 49.5 Å². The number of halogens is 6. The van der Waals surface area contributed by atoms with Gasteiger partial charge in [0.05, 0.1) is 24.2 Å². The number of aromatic nitrogens is 4. The van der Waals surface area contributed by atoms with E-state index in [2.05, 4.69) is 26.3 Å². The number of hydrogen-bond donors (Lipinski definition) is 3. The molecular formula is C27H24F6N6O2. The van der Waals surface area contributed by atoms with Crippen LogP contribution in [0.25, 0.3) is 22.1 Å². The average Bonchev–Trinajstić information content (AvgIpc) is 3.52. The molecule has 41 heavy (non-hydrogen) atoms. The molecular weight excluding hydrogens is 554 g/mol. The number of nitrogens with one attached hydrogen (secondary N) is 2. The summed E-state index contributed by atoms with van der Waals surface area (Å²) in [7, 11) is 0. The second-order valence-electron chi connectivity index (χ2n) is 10.2. The number of carbonyl (C=O) groups is 1. The molecule has 0 radical (unpaired) electrons. The zero-order chi connectivity index (χ0) is 29.6. The van der Waals surface area contributed by atoms with E-state index in [1.54, 1.807) is 12.4 Å². The number of aromatic amines is 1. The van der Waals surface area contributed by atoms with Crippen molar-refractivity contribution in [3.63, 3.8) is 0 Å². The minimum absolute atomic E-state index is 0.0000550. The highest BCUT2D eigenvalue weighted by Crippen LogP contribution is 2.50. The Kier molecular flexibility index (Phi) is 7.19. The lowest BCUT2D eigenvalue weighted by atomic mass is 9.84. The summed E-state index contributed by atoms with van der Waals surface area (Å²) in [5.41, 5.74) is -4.53. The summed E-state index contributed by atoms with van der Waals surface area (Å²) in [6.07, 6.45) is -5.24. The lowest BCUT2D eigenvalue weighted by Crippen LogP contribution is -2.53. The smallest absolute Gasteiger partial charge is 0.369 e. The number of amides is 1. The van der Waals surface area contributed by atoms with E-state index in [-0.39, 0.29) is 18.2 Å². The van der Waals surface area contributed by atoms with Gasteiger partial charge in [0, 0.05) is 35.3 Å². The molecule has 1 fully saturated rings. The maximum absolute atomic E-state index is 13.2. The summed E-state index contributed by atoms with van der Waals surface area (Å²) in [6.45, 7) is 0. The first-order chi connectivity index (χ1) is 19.3. The van der Waals surface area contributed by atoms with Crippen molar-refractivity contribution in [2.75, 3.05) is 5.32 Å². The number of H-pyrrole nitrogens is 1. The largest absolute Gasteiger partial charge is 0.430 e. The molecule has 216 valence electrons. The van der Waals surface area contributed by atoms with Gasteiger partial charge in [-0.15, -0.1) is 0 Å². The maximum atomic E-state index is 13.2. The summed E-state index contributed by atoms with van der Waals surface area (Å²) in [5, 5.41) is 21.9. The van der Waals surface area contributed by atoms with Gasteiger partial charge in [0.15, 0.2) is 0 Å². The molecule has 1 aromatic carbocycles. The van der Waals surface area contributed by atoms with E-state index in [4.69, 9.17) is 5.26 Å². The van der Waals surface area contributed by atoms with Gasteiger partial charge in [-0.25, -0.2) is 9.97 Å². The van der Waals surface area contributed by atoms with Crippen LogP contribution in [-0.4, -0.2) is 42.9 Å². The number of nitrogens with zero attached hydrogens (tertiary/aromatic N) is 4. The van der Waals surface area contributed by atoms with Gasteiger partial charge in [-0.1, -0.05) is 12.1 Å². The molecule has 4 aromatic rings. The molecule has 0 saturated heterocycles. The standard InChI is InChI=1S/C27H24F6N6O2/c28-26(29,30)25(41,27(31,32)33)16-3-5-17(6-4-16)37-22(40)13-21-38-20-14-36-24-19(10-12-35-24)23(20)39(21)18-7-1-15(2-8-18)9-11-34/h3-6,10,12,14-15,18,41H,1-2,7-9,13H2,(H,35,36)(H,37,40)/t15-,18+. The highest BCUT2D eigenvalue weighted by Gasteiger charge is 2.71. The number of fused-ring (bicyclic) bond motifs is 3.